The van der Waals surface area contributed by atoms with E-state index in [9.17, 15) is 9.67 Å². The van der Waals surface area contributed by atoms with Crippen LogP contribution in [0.2, 0.25) is 0 Å². The second kappa shape index (κ2) is 5.15. The van der Waals surface area contributed by atoms with Gasteiger partial charge in [0.1, 0.15) is 5.76 Å². The maximum Gasteiger partial charge on any atom is 0.369 e. The van der Waals surface area contributed by atoms with E-state index in [4.69, 9.17) is 13.5 Å². The molecule has 92 valence electrons. The molecule has 1 N–H and O–H groups in total. The number of hydrogen-bond acceptors (Lipinski definition) is 5. The zero-order valence-electron chi connectivity index (χ0n) is 9.67. The van der Waals surface area contributed by atoms with Crippen LogP contribution in [0.3, 0.4) is 0 Å². The summed E-state index contributed by atoms with van der Waals surface area (Å²) in [5.41, 5.74) is 0. The van der Waals surface area contributed by atoms with Crippen LogP contribution in [-0.2, 0) is 19.0 Å². The van der Waals surface area contributed by atoms with Gasteiger partial charge in [0.2, 0.25) is 5.34 Å². The standard InChI is InChI=1S/C10H17O5P/c1-4-14-16(12,15-5-2)10(3,11)9-7-6-8-13-9/h6-8,11H,4-5H2,1-3H3/t10-/m0/s1. The fourth-order valence-corrected chi connectivity index (χ4v) is 2.97. The van der Waals surface area contributed by atoms with Crippen LogP contribution in [0, 0.1) is 0 Å². The van der Waals surface area contributed by atoms with Gasteiger partial charge in [-0.05, 0) is 32.9 Å². The molecule has 0 radical (unpaired) electrons. The molecule has 0 bridgehead atoms. The Morgan fingerprint density at radius 2 is 2.00 bits per heavy atom. The molecule has 0 amide bonds. The molecule has 0 aromatic carbocycles. The van der Waals surface area contributed by atoms with E-state index in [1.54, 1.807) is 19.9 Å². The highest BCUT2D eigenvalue weighted by Crippen LogP contribution is 2.63. The molecule has 0 saturated carbocycles. The van der Waals surface area contributed by atoms with E-state index in [2.05, 4.69) is 0 Å². The summed E-state index contributed by atoms with van der Waals surface area (Å²) in [6, 6.07) is 3.14. The molecule has 0 saturated heterocycles. The van der Waals surface area contributed by atoms with Crippen LogP contribution >= 0.6 is 7.60 Å². The van der Waals surface area contributed by atoms with E-state index in [-0.39, 0.29) is 19.0 Å². The average molecular weight is 248 g/mol. The summed E-state index contributed by atoms with van der Waals surface area (Å²) >= 11 is 0. The lowest BCUT2D eigenvalue weighted by Gasteiger charge is -2.29. The largest absolute Gasteiger partial charge is 0.466 e. The predicted octanol–water partition coefficient (Wildman–Crippen LogP) is 2.71. The van der Waals surface area contributed by atoms with Gasteiger partial charge in [-0.2, -0.15) is 0 Å². The fraction of sp³-hybridized carbons (Fsp3) is 0.600. The van der Waals surface area contributed by atoms with Gasteiger partial charge >= 0.3 is 7.60 Å². The van der Waals surface area contributed by atoms with Gasteiger partial charge in [0.25, 0.3) is 0 Å². The van der Waals surface area contributed by atoms with Crippen LogP contribution in [-0.4, -0.2) is 18.3 Å². The molecular formula is C10H17O5P. The van der Waals surface area contributed by atoms with Crippen LogP contribution in [0.1, 0.15) is 26.5 Å². The Morgan fingerprint density at radius 3 is 2.38 bits per heavy atom. The van der Waals surface area contributed by atoms with Crippen molar-refractivity contribution in [1.29, 1.82) is 0 Å². The maximum atomic E-state index is 12.4. The van der Waals surface area contributed by atoms with E-state index < -0.39 is 12.9 Å². The average Bonchev–Trinajstić information content (AvgIpc) is 2.71. The van der Waals surface area contributed by atoms with Gasteiger partial charge in [0.15, 0.2) is 0 Å². The fourth-order valence-electron chi connectivity index (χ4n) is 1.31. The lowest BCUT2D eigenvalue weighted by molar-refractivity contribution is 0.0627. The molecule has 16 heavy (non-hydrogen) atoms. The molecule has 0 aliphatic heterocycles. The molecule has 1 atom stereocenters. The lowest BCUT2D eigenvalue weighted by atomic mass is 10.3. The summed E-state index contributed by atoms with van der Waals surface area (Å²) in [6.07, 6.45) is 1.39. The van der Waals surface area contributed by atoms with Gasteiger partial charge in [-0.25, -0.2) is 0 Å². The van der Waals surface area contributed by atoms with Gasteiger partial charge < -0.3 is 18.6 Å². The molecule has 0 spiro atoms. The predicted molar refractivity (Wildman–Crippen MR) is 59.1 cm³/mol. The number of rotatable bonds is 6. The molecule has 6 heteroatoms. The van der Waals surface area contributed by atoms with Crippen LogP contribution in [0.5, 0.6) is 0 Å². The van der Waals surface area contributed by atoms with Crippen molar-refractivity contribution < 1.29 is 23.1 Å². The topological polar surface area (TPSA) is 68.9 Å². The zero-order valence-corrected chi connectivity index (χ0v) is 10.6. The van der Waals surface area contributed by atoms with Gasteiger partial charge in [-0.1, -0.05) is 0 Å². The van der Waals surface area contributed by atoms with Crippen molar-refractivity contribution >= 4 is 7.60 Å². The molecule has 0 aliphatic rings. The molecule has 1 heterocycles. The molecule has 5 nitrogen and oxygen atoms in total. The highest BCUT2D eigenvalue weighted by atomic mass is 31.2. The van der Waals surface area contributed by atoms with E-state index in [0.717, 1.165) is 0 Å². The summed E-state index contributed by atoms with van der Waals surface area (Å²) in [4.78, 5) is 0. The molecule has 1 rings (SSSR count). The Balaban J connectivity index is 3.06. The third-order valence-electron chi connectivity index (χ3n) is 2.12. The van der Waals surface area contributed by atoms with Crippen LogP contribution in [0.15, 0.2) is 22.8 Å². The lowest BCUT2D eigenvalue weighted by Crippen LogP contribution is -2.23. The van der Waals surface area contributed by atoms with Gasteiger partial charge in [0, 0.05) is 0 Å². The SMILES string of the molecule is CCOP(=O)(OCC)[C@](C)(O)c1ccco1. The van der Waals surface area contributed by atoms with Crippen molar-refractivity contribution in [2.75, 3.05) is 13.2 Å². The van der Waals surface area contributed by atoms with Crippen LogP contribution in [0.4, 0.5) is 0 Å². The smallest absolute Gasteiger partial charge is 0.369 e. The number of aliphatic hydroxyl groups is 1. The summed E-state index contributed by atoms with van der Waals surface area (Å²) in [5.74, 6) is 0.165. The van der Waals surface area contributed by atoms with Crippen molar-refractivity contribution in [1.82, 2.24) is 0 Å². The van der Waals surface area contributed by atoms with Crippen LogP contribution in [0.25, 0.3) is 0 Å². The molecule has 0 aliphatic carbocycles. The Bertz CT molecular complexity index is 347. The molecule has 0 unspecified atom stereocenters. The first kappa shape index (κ1) is 13.5. The molecular weight excluding hydrogens is 231 g/mol. The van der Waals surface area contributed by atoms with Gasteiger partial charge in [0.05, 0.1) is 19.5 Å². The summed E-state index contributed by atoms with van der Waals surface area (Å²) in [6.45, 7) is 5.11. The minimum absolute atomic E-state index is 0.165. The highest BCUT2D eigenvalue weighted by Gasteiger charge is 2.49. The molecule has 1 aromatic rings. The monoisotopic (exact) mass is 248 g/mol. The van der Waals surface area contributed by atoms with Crippen molar-refractivity contribution in [3.8, 4) is 0 Å². The minimum atomic E-state index is -3.65. The minimum Gasteiger partial charge on any atom is -0.466 e. The van der Waals surface area contributed by atoms with E-state index in [0.29, 0.717) is 0 Å². The summed E-state index contributed by atoms with van der Waals surface area (Å²) in [5, 5.41) is 8.47. The second-order valence-electron chi connectivity index (χ2n) is 3.33. The van der Waals surface area contributed by atoms with E-state index >= 15 is 0 Å². The Kier molecular flexibility index (Phi) is 4.33. The van der Waals surface area contributed by atoms with E-state index in [1.807, 2.05) is 0 Å². The van der Waals surface area contributed by atoms with E-state index in [1.165, 1.54) is 19.3 Å². The first-order chi connectivity index (χ1) is 7.48. The van der Waals surface area contributed by atoms with Crippen molar-refractivity contribution in [3.63, 3.8) is 0 Å². The van der Waals surface area contributed by atoms with Crippen molar-refractivity contribution in [2.24, 2.45) is 0 Å². The molecule has 1 aromatic heterocycles. The Labute approximate surface area is 94.9 Å². The normalized spacial score (nSPS) is 16.0. The number of hydrogen-bond donors (Lipinski definition) is 1. The van der Waals surface area contributed by atoms with Crippen molar-refractivity contribution in [2.45, 2.75) is 26.1 Å². The highest BCUT2D eigenvalue weighted by molar-refractivity contribution is 7.54. The Morgan fingerprint density at radius 1 is 1.44 bits per heavy atom. The van der Waals surface area contributed by atoms with Gasteiger partial charge in [-0.15, -0.1) is 0 Å². The van der Waals surface area contributed by atoms with Gasteiger partial charge in [-0.3, -0.25) is 4.57 Å². The maximum absolute atomic E-state index is 12.4. The summed E-state index contributed by atoms with van der Waals surface area (Å²) < 4.78 is 27.6. The molecule has 0 fully saturated rings. The van der Waals surface area contributed by atoms with Crippen molar-refractivity contribution in [3.05, 3.63) is 24.2 Å². The summed E-state index contributed by atoms with van der Waals surface area (Å²) in [7, 11) is -3.65. The van der Waals surface area contributed by atoms with Crippen LogP contribution < -0.4 is 0 Å². The first-order valence-electron chi connectivity index (χ1n) is 5.13. The third kappa shape index (κ3) is 2.38. The second-order valence-corrected chi connectivity index (χ2v) is 5.71. The Hall–Kier alpha value is -0.610. The quantitative estimate of drug-likeness (QED) is 0.784. The zero-order chi connectivity index (χ0) is 12.2. The number of furan rings is 1. The third-order valence-corrected chi connectivity index (χ3v) is 4.60. The first-order valence-corrected chi connectivity index (χ1v) is 6.67.